The first-order chi connectivity index (χ1) is 13.7. The minimum Gasteiger partial charge on any atom is -0.489 e. The molecule has 0 amide bonds. The summed E-state index contributed by atoms with van der Waals surface area (Å²) in [6, 6.07) is 19.0. The van der Waals surface area contributed by atoms with E-state index in [9.17, 15) is 4.39 Å². The quantitative estimate of drug-likeness (QED) is 0.705. The molecule has 0 aromatic heterocycles. The summed E-state index contributed by atoms with van der Waals surface area (Å²) >= 11 is 0. The van der Waals surface area contributed by atoms with Gasteiger partial charge in [-0.05, 0) is 41.6 Å². The van der Waals surface area contributed by atoms with Crippen molar-refractivity contribution in [3.8, 4) is 5.75 Å². The Bertz CT molecular complexity index is 921. The van der Waals surface area contributed by atoms with Crippen LogP contribution >= 0.6 is 0 Å². The van der Waals surface area contributed by atoms with Crippen molar-refractivity contribution in [2.75, 3.05) is 33.2 Å². The van der Waals surface area contributed by atoms with Gasteiger partial charge in [0.2, 0.25) is 0 Å². The molecule has 1 saturated heterocycles. The lowest BCUT2D eigenvalue weighted by molar-refractivity contribution is 0.102. The topological polar surface area (TPSA) is 27.7 Å². The molecule has 1 fully saturated rings. The maximum atomic E-state index is 13.1. The van der Waals surface area contributed by atoms with E-state index in [4.69, 9.17) is 4.74 Å². The van der Waals surface area contributed by atoms with Gasteiger partial charge in [0.15, 0.2) is 0 Å². The smallest absolute Gasteiger partial charge is 0.124 e. The molecule has 4 rings (SSSR count). The van der Waals surface area contributed by atoms with Crippen LogP contribution in [0.5, 0.6) is 5.75 Å². The van der Waals surface area contributed by atoms with Crippen molar-refractivity contribution in [2.45, 2.75) is 13.2 Å². The first kappa shape index (κ1) is 18.9. The van der Waals surface area contributed by atoms with Crippen LogP contribution in [0, 0.1) is 5.82 Å². The summed E-state index contributed by atoms with van der Waals surface area (Å²) < 4.78 is 19.3. The fourth-order valence-electron chi connectivity index (χ4n) is 3.53. The number of nitrogens with zero attached hydrogens (tertiary/aromatic N) is 2. The SMILES string of the molecule is CN1CCN(NCc2c(OCc3ccc(F)cc3)ccc3ccccc23)CC1. The lowest BCUT2D eigenvalue weighted by Gasteiger charge is -2.33. The highest BCUT2D eigenvalue weighted by molar-refractivity contribution is 5.87. The first-order valence-electron chi connectivity index (χ1n) is 9.74. The second-order valence-corrected chi connectivity index (χ2v) is 7.30. The summed E-state index contributed by atoms with van der Waals surface area (Å²) in [5, 5.41) is 4.68. The molecule has 1 aliphatic heterocycles. The Balaban J connectivity index is 1.53. The Morgan fingerprint density at radius 3 is 2.46 bits per heavy atom. The lowest BCUT2D eigenvalue weighted by Crippen LogP contribution is -2.50. The van der Waals surface area contributed by atoms with E-state index in [1.165, 1.54) is 22.9 Å². The Kier molecular flexibility index (Phi) is 5.86. The number of hydrazine groups is 1. The van der Waals surface area contributed by atoms with E-state index < -0.39 is 0 Å². The Morgan fingerprint density at radius 1 is 0.929 bits per heavy atom. The van der Waals surface area contributed by atoms with Crippen LogP contribution in [-0.2, 0) is 13.2 Å². The molecule has 4 nitrogen and oxygen atoms in total. The zero-order chi connectivity index (χ0) is 19.3. The fraction of sp³-hybridized carbons (Fsp3) is 0.304. The van der Waals surface area contributed by atoms with E-state index >= 15 is 0 Å². The van der Waals surface area contributed by atoms with Crippen molar-refractivity contribution in [2.24, 2.45) is 0 Å². The number of fused-ring (bicyclic) bond motifs is 1. The van der Waals surface area contributed by atoms with E-state index in [1.54, 1.807) is 12.1 Å². The molecule has 0 saturated carbocycles. The molecule has 1 aliphatic rings. The van der Waals surface area contributed by atoms with Gasteiger partial charge in [-0.25, -0.2) is 9.40 Å². The number of ether oxygens (including phenoxy) is 1. The number of rotatable bonds is 6. The standard InChI is InChI=1S/C23H26FN3O/c1-26-12-14-27(15-13-26)25-16-22-21-5-3-2-4-19(21)8-11-23(22)28-17-18-6-9-20(24)10-7-18/h2-11,25H,12-17H2,1H3. The number of likely N-dealkylation sites (N-methyl/N-ethyl adjacent to an activating group) is 1. The van der Waals surface area contributed by atoms with Crippen molar-refractivity contribution >= 4 is 10.8 Å². The van der Waals surface area contributed by atoms with E-state index in [0.717, 1.165) is 43.1 Å². The zero-order valence-electron chi connectivity index (χ0n) is 16.2. The predicted octanol–water partition coefficient (Wildman–Crippen LogP) is 3.81. The second-order valence-electron chi connectivity index (χ2n) is 7.30. The van der Waals surface area contributed by atoms with Crippen LogP contribution in [0.4, 0.5) is 4.39 Å². The maximum absolute atomic E-state index is 13.1. The molecule has 28 heavy (non-hydrogen) atoms. The summed E-state index contributed by atoms with van der Waals surface area (Å²) in [5.41, 5.74) is 5.68. The number of piperazine rings is 1. The lowest BCUT2D eigenvalue weighted by atomic mass is 10.0. The molecule has 0 spiro atoms. The minimum atomic E-state index is -0.230. The van der Waals surface area contributed by atoms with Crippen LogP contribution in [0.3, 0.4) is 0 Å². The van der Waals surface area contributed by atoms with Crippen LogP contribution in [0.1, 0.15) is 11.1 Å². The van der Waals surface area contributed by atoms with Gasteiger partial charge in [-0.2, -0.15) is 0 Å². The highest BCUT2D eigenvalue weighted by Gasteiger charge is 2.15. The van der Waals surface area contributed by atoms with Gasteiger partial charge in [0.05, 0.1) is 0 Å². The highest BCUT2D eigenvalue weighted by atomic mass is 19.1. The summed E-state index contributed by atoms with van der Waals surface area (Å²) in [6.45, 7) is 5.27. The van der Waals surface area contributed by atoms with Crippen molar-refractivity contribution in [1.29, 1.82) is 0 Å². The third-order valence-corrected chi connectivity index (χ3v) is 5.29. The normalized spacial score (nSPS) is 15.8. The van der Waals surface area contributed by atoms with E-state index in [0.29, 0.717) is 13.2 Å². The summed E-state index contributed by atoms with van der Waals surface area (Å²) in [6.07, 6.45) is 0. The molecule has 0 radical (unpaired) electrons. The summed E-state index contributed by atoms with van der Waals surface area (Å²) in [7, 11) is 2.16. The molecular weight excluding hydrogens is 353 g/mol. The molecule has 1 N–H and O–H groups in total. The third kappa shape index (κ3) is 4.50. The van der Waals surface area contributed by atoms with Crippen LogP contribution in [0.2, 0.25) is 0 Å². The van der Waals surface area contributed by atoms with Crippen LogP contribution < -0.4 is 10.2 Å². The highest BCUT2D eigenvalue weighted by Crippen LogP contribution is 2.29. The van der Waals surface area contributed by atoms with Crippen LogP contribution in [-0.4, -0.2) is 43.1 Å². The number of benzene rings is 3. The molecule has 3 aromatic rings. The molecule has 0 aliphatic carbocycles. The average molecular weight is 379 g/mol. The number of nitrogens with one attached hydrogen (secondary N) is 1. The minimum absolute atomic E-state index is 0.230. The van der Waals surface area contributed by atoms with E-state index in [1.807, 2.05) is 6.07 Å². The molecular formula is C23H26FN3O. The average Bonchev–Trinajstić information content (AvgIpc) is 2.73. The van der Waals surface area contributed by atoms with Gasteiger partial charge in [-0.15, -0.1) is 0 Å². The van der Waals surface area contributed by atoms with Gasteiger partial charge in [0, 0.05) is 38.3 Å². The molecule has 1 heterocycles. The van der Waals surface area contributed by atoms with Gasteiger partial charge in [-0.3, -0.25) is 5.43 Å². The molecule has 0 bridgehead atoms. The Morgan fingerprint density at radius 2 is 1.68 bits per heavy atom. The van der Waals surface area contributed by atoms with Gasteiger partial charge in [-0.1, -0.05) is 42.5 Å². The van der Waals surface area contributed by atoms with Gasteiger partial charge in [0.25, 0.3) is 0 Å². The van der Waals surface area contributed by atoms with Gasteiger partial charge in [0.1, 0.15) is 18.2 Å². The monoisotopic (exact) mass is 379 g/mol. The first-order valence-corrected chi connectivity index (χ1v) is 9.74. The molecule has 0 atom stereocenters. The molecule has 0 unspecified atom stereocenters. The van der Waals surface area contributed by atoms with Crippen molar-refractivity contribution in [3.05, 3.63) is 77.6 Å². The van der Waals surface area contributed by atoms with Crippen molar-refractivity contribution in [3.63, 3.8) is 0 Å². The van der Waals surface area contributed by atoms with Gasteiger partial charge < -0.3 is 9.64 Å². The van der Waals surface area contributed by atoms with Crippen LogP contribution in [0.15, 0.2) is 60.7 Å². The molecule has 3 aromatic carbocycles. The van der Waals surface area contributed by atoms with Crippen LogP contribution in [0.25, 0.3) is 10.8 Å². The number of hydrogen-bond acceptors (Lipinski definition) is 4. The number of hydrogen-bond donors (Lipinski definition) is 1. The number of halogens is 1. The largest absolute Gasteiger partial charge is 0.489 e. The second kappa shape index (κ2) is 8.69. The van der Waals surface area contributed by atoms with E-state index in [2.05, 4.69) is 52.7 Å². The Hall–Kier alpha value is -2.47. The fourth-order valence-corrected chi connectivity index (χ4v) is 3.53. The Labute approximate surface area is 165 Å². The van der Waals surface area contributed by atoms with Gasteiger partial charge >= 0.3 is 0 Å². The zero-order valence-corrected chi connectivity index (χ0v) is 16.2. The maximum Gasteiger partial charge on any atom is 0.124 e. The molecule has 5 heteroatoms. The predicted molar refractivity (Wildman–Crippen MR) is 111 cm³/mol. The van der Waals surface area contributed by atoms with Crippen molar-refractivity contribution < 1.29 is 9.13 Å². The summed E-state index contributed by atoms with van der Waals surface area (Å²) in [5.74, 6) is 0.635. The van der Waals surface area contributed by atoms with E-state index in [-0.39, 0.29) is 5.82 Å². The van der Waals surface area contributed by atoms with Crippen molar-refractivity contribution in [1.82, 2.24) is 15.3 Å². The summed E-state index contributed by atoms with van der Waals surface area (Å²) in [4.78, 5) is 2.34. The third-order valence-electron chi connectivity index (χ3n) is 5.29. The molecule has 146 valence electrons.